The number of carbonyl (C=O) groups is 4. The predicted octanol–water partition coefficient (Wildman–Crippen LogP) is 1.34. The maximum Gasteiger partial charge on any atom is 0.251 e. The van der Waals surface area contributed by atoms with E-state index in [-0.39, 0.29) is 35.5 Å². The van der Waals surface area contributed by atoms with Gasteiger partial charge in [0.1, 0.15) is 6.04 Å². The molecule has 1 aliphatic heterocycles. The Bertz CT molecular complexity index is 805. The van der Waals surface area contributed by atoms with E-state index in [2.05, 4.69) is 5.32 Å². The zero-order valence-electron chi connectivity index (χ0n) is 16.3. The second-order valence-corrected chi connectivity index (χ2v) is 7.35. The molecule has 0 bridgehead atoms. The highest BCUT2D eigenvalue weighted by Gasteiger charge is 2.50. The van der Waals surface area contributed by atoms with Crippen molar-refractivity contribution in [2.24, 2.45) is 11.8 Å². The van der Waals surface area contributed by atoms with Gasteiger partial charge in [0.05, 0.1) is 11.8 Å². The number of carbonyl (C=O) groups excluding carboxylic acids is 4. The zero-order valence-corrected chi connectivity index (χ0v) is 16.3. The Morgan fingerprint density at radius 3 is 2.14 bits per heavy atom. The van der Waals surface area contributed by atoms with Crippen molar-refractivity contribution in [3.05, 3.63) is 47.5 Å². The van der Waals surface area contributed by atoms with Crippen molar-refractivity contribution in [2.75, 3.05) is 14.1 Å². The van der Waals surface area contributed by atoms with Crippen LogP contribution in [0.4, 0.5) is 0 Å². The van der Waals surface area contributed by atoms with E-state index in [1.165, 1.54) is 4.90 Å². The number of likely N-dealkylation sites (N-methyl/N-ethyl adjacent to an activating group) is 1. The van der Waals surface area contributed by atoms with Crippen LogP contribution in [0.1, 0.15) is 35.7 Å². The van der Waals surface area contributed by atoms with Gasteiger partial charge in [0.25, 0.3) is 5.91 Å². The van der Waals surface area contributed by atoms with Crippen LogP contribution in [-0.2, 0) is 20.9 Å². The lowest BCUT2D eigenvalue weighted by atomic mass is 9.85. The molecule has 7 heteroatoms. The zero-order chi connectivity index (χ0) is 20.4. The number of rotatable bonds is 5. The Balaban J connectivity index is 1.67. The highest BCUT2D eigenvalue weighted by Crippen LogP contribution is 2.36. The monoisotopic (exact) mass is 383 g/mol. The number of hydrogen-bond acceptors (Lipinski definition) is 4. The van der Waals surface area contributed by atoms with Gasteiger partial charge >= 0.3 is 0 Å². The summed E-state index contributed by atoms with van der Waals surface area (Å²) in [5.41, 5.74) is 1.39. The molecule has 7 nitrogen and oxygen atoms in total. The summed E-state index contributed by atoms with van der Waals surface area (Å²) in [4.78, 5) is 52.5. The average molecular weight is 383 g/mol. The minimum atomic E-state index is -0.833. The van der Waals surface area contributed by atoms with E-state index in [1.807, 2.05) is 12.2 Å². The first-order chi connectivity index (χ1) is 13.3. The lowest BCUT2D eigenvalue weighted by molar-refractivity contribution is -0.150. The molecule has 2 aliphatic rings. The molecule has 1 heterocycles. The van der Waals surface area contributed by atoms with Gasteiger partial charge in [-0.25, -0.2) is 0 Å². The number of amides is 4. The summed E-state index contributed by atoms with van der Waals surface area (Å²) in [6.07, 6.45) is 4.97. The van der Waals surface area contributed by atoms with Crippen molar-refractivity contribution in [1.82, 2.24) is 15.1 Å². The van der Waals surface area contributed by atoms with Gasteiger partial charge in [-0.2, -0.15) is 0 Å². The Kier molecular flexibility index (Phi) is 5.63. The van der Waals surface area contributed by atoms with Crippen molar-refractivity contribution in [2.45, 2.75) is 32.4 Å². The molecule has 148 valence electrons. The minimum Gasteiger partial charge on any atom is -0.355 e. The quantitative estimate of drug-likeness (QED) is 0.614. The summed E-state index contributed by atoms with van der Waals surface area (Å²) in [7, 11) is 3.21. The Morgan fingerprint density at radius 2 is 1.64 bits per heavy atom. The van der Waals surface area contributed by atoms with Crippen LogP contribution in [0.3, 0.4) is 0 Å². The number of fused-ring (bicyclic) bond motifs is 1. The summed E-state index contributed by atoms with van der Waals surface area (Å²) in [6, 6.07) is 6.12. The van der Waals surface area contributed by atoms with Gasteiger partial charge in [0.15, 0.2) is 0 Å². The fraction of sp³-hybridized carbons (Fsp3) is 0.429. The number of allylic oxidation sites excluding steroid dienone is 2. The molecule has 3 rings (SSSR count). The van der Waals surface area contributed by atoms with Crippen LogP contribution in [0.15, 0.2) is 36.4 Å². The third-order valence-electron chi connectivity index (χ3n) is 5.53. The smallest absolute Gasteiger partial charge is 0.251 e. The van der Waals surface area contributed by atoms with Crippen LogP contribution >= 0.6 is 0 Å². The first-order valence-corrected chi connectivity index (χ1v) is 9.43. The number of likely N-dealkylation sites (tertiary alicyclic amines) is 1. The van der Waals surface area contributed by atoms with E-state index in [1.54, 1.807) is 45.3 Å². The molecule has 0 saturated carbocycles. The van der Waals surface area contributed by atoms with Gasteiger partial charge in [-0.3, -0.25) is 24.1 Å². The SMILES string of the molecule is CNC(=O)c1ccc(CN(C)C(=O)[C@H](C)N2C(=O)[C@H]3CC=CC[C@@H]3C2=O)cc1. The molecule has 0 spiro atoms. The third kappa shape index (κ3) is 3.56. The van der Waals surface area contributed by atoms with Crippen LogP contribution in [0.25, 0.3) is 0 Å². The molecule has 1 aromatic carbocycles. The van der Waals surface area contributed by atoms with Crippen LogP contribution in [0, 0.1) is 11.8 Å². The lowest BCUT2D eigenvalue weighted by Gasteiger charge is -2.27. The van der Waals surface area contributed by atoms with E-state index >= 15 is 0 Å². The maximum absolute atomic E-state index is 12.9. The first kappa shape index (κ1) is 19.8. The third-order valence-corrected chi connectivity index (χ3v) is 5.53. The summed E-state index contributed by atoms with van der Waals surface area (Å²) < 4.78 is 0. The standard InChI is InChI=1S/C21H25N3O4/c1-13(24-20(27)16-6-4-5-7-17(16)21(24)28)19(26)23(3)12-14-8-10-15(11-9-14)18(25)22-2/h4-5,8-11,13,16-17H,6-7,12H2,1-3H3,(H,22,25)/t13-,16-,17-/m0/s1. The minimum absolute atomic E-state index is 0.174. The van der Waals surface area contributed by atoms with Crippen molar-refractivity contribution in [1.29, 1.82) is 0 Å². The van der Waals surface area contributed by atoms with Crippen LogP contribution < -0.4 is 5.32 Å². The van der Waals surface area contributed by atoms with E-state index in [0.29, 0.717) is 24.9 Å². The Morgan fingerprint density at radius 1 is 1.11 bits per heavy atom. The van der Waals surface area contributed by atoms with Crippen LogP contribution in [0.5, 0.6) is 0 Å². The normalized spacial score (nSPS) is 22.0. The van der Waals surface area contributed by atoms with E-state index in [0.717, 1.165) is 10.5 Å². The molecule has 1 aromatic rings. The molecule has 1 fully saturated rings. The van der Waals surface area contributed by atoms with Crippen molar-refractivity contribution in [3.8, 4) is 0 Å². The van der Waals surface area contributed by atoms with Crippen molar-refractivity contribution in [3.63, 3.8) is 0 Å². The summed E-state index contributed by atoms with van der Waals surface area (Å²) >= 11 is 0. The molecule has 1 saturated heterocycles. The van der Waals surface area contributed by atoms with E-state index in [9.17, 15) is 19.2 Å². The summed E-state index contributed by atoms with van der Waals surface area (Å²) in [5, 5.41) is 2.56. The highest BCUT2D eigenvalue weighted by atomic mass is 16.2. The topological polar surface area (TPSA) is 86.8 Å². The fourth-order valence-corrected chi connectivity index (χ4v) is 3.89. The summed E-state index contributed by atoms with van der Waals surface area (Å²) in [5.74, 6) is -1.63. The molecule has 3 atom stereocenters. The van der Waals surface area contributed by atoms with Gasteiger partial charge in [-0.1, -0.05) is 24.3 Å². The van der Waals surface area contributed by atoms with Gasteiger partial charge in [-0.05, 0) is 37.5 Å². The summed E-state index contributed by atoms with van der Waals surface area (Å²) in [6.45, 7) is 1.93. The number of benzene rings is 1. The second-order valence-electron chi connectivity index (χ2n) is 7.35. The molecular weight excluding hydrogens is 358 g/mol. The van der Waals surface area contributed by atoms with Gasteiger partial charge in [0.2, 0.25) is 17.7 Å². The lowest BCUT2D eigenvalue weighted by Crippen LogP contribution is -2.48. The fourth-order valence-electron chi connectivity index (χ4n) is 3.89. The molecule has 0 unspecified atom stereocenters. The van der Waals surface area contributed by atoms with Gasteiger partial charge < -0.3 is 10.2 Å². The molecule has 0 aromatic heterocycles. The van der Waals surface area contributed by atoms with Crippen LogP contribution in [-0.4, -0.2) is 53.6 Å². The van der Waals surface area contributed by atoms with Gasteiger partial charge in [0, 0.05) is 26.2 Å². The predicted molar refractivity (Wildman–Crippen MR) is 103 cm³/mol. The largest absolute Gasteiger partial charge is 0.355 e. The molecule has 4 amide bonds. The van der Waals surface area contributed by atoms with E-state index < -0.39 is 6.04 Å². The molecule has 1 aliphatic carbocycles. The first-order valence-electron chi connectivity index (χ1n) is 9.43. The number of nitrogens with one attached hydrogen (secondary N) is 1. The number of hydrogen-bond donors (Lipinski definition) is 1. The number of imide groups is 1. The van der Waals surface area contributed by atoms with E-state index in [4.69, 9.17) is 0 Å². The Hall–Kier alpha value is -2.96. The van der Waals surface area contributed by atoms with Crippen molar-refractivity contribution < 1.29 is 19.2 Å². The van der Waals surface area contributed by atoms with Crippen LogP contribution in [0.2, 0.25) is 0 Å². The number of nitrogens with zero attached hydrogens (tertiary/aromatic N) is 2. The molecule has 0 radical (unpaired) electrons. The molecule has 28 heavy (non-hydrogen) atoms. The second kappa shape index (κ2) is 7.96. The maximum atomic E-state index is 12.9. The highest BCUT2D eigenvalue weighted by molar-refractivity contribution is 6.08. The average Bonchev–Trinajstić information content (AvgIpc) is 2.97. The van der Waals surface area contributed by atoms with Crippen molar-refractivity contribution >= 4 is 23.6 Å². The Labute approximate surface area is 164 Å². The van der Waals surface area contributed by atoms with Gasteiger partial charge in [-0.15, -0.1) is 0 Å². The molecular formula is C21H25N3O4. The molecule has 1 N–H and O–H groups in total.